The predicted octanol–water partition coefficient (Wildman–Crippen LogP) is 2.41. The van der Waals surface area contributed by atoms with Crippen LogP contribution in [-0.2, 0) is 59.0 Å². The molecule has 9 atom stereocenters. The van der Waals surface area contributed by atoms with Crippen LogP contribution < -0.4 is 37.9 Å². The van der Waals surface area contributed by atoms with Gasteiger partial charge in [0.2, 0.25) is 41.4 Å². The van der Waals surface area contributed by atoms with Crippen LogP contribution in [0.4, 0.5) is 4.79 Å². The number of para-hydroxylation sites is 1. The molecule has 82 heavy (non-hydrogen) atoms. The van der Waals surface area contributed by atoms with Gasteiger partial charge in [0.05, 0.1) is 42.7 Å². The van der Waals surface area contributed by atoms with Crippen molar-refractivity contribution in [1.82, 2.24) is 56.7 Å². The van der Waals surface area contributed by atoms with Gasteiger partial charge in [0.15, 0.2) is 0 Å². The van der Waals surface area contributed by atoms with Gasteiger partial charge in [-0.25, -0.2) is 4.79 Å². The molecule has 1 aromatic carbocycles. The van der Waals surface area contributed by atoms with Gasteiger partial charge in [-0.2, -0.15) is 0 Å². The molecule has 24 nitrogen and oxygen atoms in total. The van der Waals surface area contributed by atoms with E-state index in [1.807, 2.05) is 70.7 Å². The number of hydrogen-bond acceptors (Lipinski definition) is 13. The molecule has 0 saturated carbocycles. The number of likely N-dealkylation sites (tertiary alicyclic amines) is 1. The Bertz CT molecular complexity index is 2520. The van der Waals surface area contributed by atoms with E-state index < -0.39 is 83.9 Å². The Labute approximate surface area is 482 Å². The average Bonchev–Trinajstić information content (AvgIpc) is 4.24. The summed E-state index contributed by atoms with van der Waals surface area (Å²) >= 11 is 0. The van der Waals surface area contributed by atoms with Crippen molar-refractivity contribution in [3.63, 3.8) is 0 Å². The number of primary amides is 1. The number of nitrogens with two attached hydrogens (primary N) is 1. The summed E-state index contributed by atoms with van der Waals surface area (Å²) < 4.78 is 12.1. The van der Waals surface area contributed by atoms with Gasteiger partial charge >= 0.3 is 6.03 Å². The number of carbonyl (C=O) groups excluding carboxylic acids is 10. The molecule has 9 N–H and O–H groups in total. The molecule has 3 heterocycles. The Morgan fingerprint density at radius 3 is 2.06 bits per heavy atom. The van der Waals surface area contributed by atoms with E-state index in [1.54, 1.807) is 37.0 Å². The standard InChI is InChI=1S/C58H92N12O12/c1-12-37(6)52(44(81-10)33-49(75)69-30-18-22-43(69)53(82-11)38(7)55(77)63-42(54(59)76)32-39-34-62-41-21-16-15-20-40(39)41)68(9)57(79)50(35(2)3)64-56(78)51(36(4)5)67(8)29-19-24-46(72)66-65-45(71)23-14-13-17-27-60-58(80)61-28-31-70-47(73)25-26-48(70)74/h15-16,20-21,25-26,34-38,42-44,50-53,62H,12-14,17-19,22-24,27-33H2,1-11H3,(H2,59,76)(H,63,77)(H,64,78)(H,65,71)(H,66,72)(H2,60,61,80)/t37?,38?,42?,43-,44?,50?,51?,52?,53?/m0/s1. The first kappa shape index (κ1) is 67.6. The molecule has 1 saturated heterocycles. The number of aromatic amines is 1. The number of carbonyl (C=O) groups is 10. The van der Waals surface area contributed by atoms with Crippen LogP contribution in [0.1, 0.15) is 118 Å². The summed E-state index contributed by atoms with van der Waals surface area (Å²) in [5.41, 5.74) is 12.4. The maximum Gasteiger partial charge on any atom is 0.314 e. The second-order valence-electron chi connectivity index (χ2n) is 22.4. The molecular formula is C58H92N12O12. The number of aromatic nitrogens is 1. The van der Waals surface area contributed by atoms with Crippen LogP contribution in [0.15, 0.2) is 42.6 Å². The fourth-order valence-corrected chi connectivity index (χ4v) is 11.0. The molecule has 0 radical (unpaired) electrons. The second kappa shape index (κ2) is 33.3. The normalized spacial score (nSPS) is 17.3. The van der Waals surface area contributed by atoms with Crippen molar-refractivity contribution in [3.8, 4) is 0 Å². The lowest BCUT2D eigenvalue weighted by molar-refractivity contribution is -0.148. The highest BCUT2D eigenvalue weighted by Gasteiger charge is 2.44. The van der Waals surface area contributed by atoms with Gasteiger partial charge in [0.1, 0.15) is 12.1 Å². The number of fused-ring (bicyclic) bond motifs is 1. The molecule has 0 bridgehead atoms. The molecule has 2 aromatic rings. The zero-order valence-corrected chi connectivity index (χ0v) is 50.0. The lowest BCUT2D eigenvalue weighted by atomic mass is 9.89. The molecule has 2 aliphatic rings. The van der Waals surface area contributed by atoms with Crippen LogP contribution in [0.2, 0.25) is 0 Å². The highest BCUT2D eigenvalue weighted by molar-refractivity contribution is 6.12. The minimum atomic E-state index is -0.991. The lowest BCUT2D eigenvalue weighted by Gasteiger charge is -2.41. The first-order valence-electron chi connectivity index (χ1n) is 28.9. The predicted molar refractivity (Wildman–Crippen MR) is 309 cm³/mol. The van der Waals surface area contributed by atoms with Crippen molar-refractivity contribution in [2.75, 3.05) is 61.0 Å². The molecule has 0 spiro atoms. The highest BCUT2D eigenvalue weighted by Crippen LogP contribution is 2.30. The van der Waals surface area contributed by atoms with Crippen LogP contribution in [0, 0.1) is 23.7 Å². The number of unbranched alkanes of at least 4 members (excludes halogenated alkanes) is 2. The van der Waals surface area contributed by atoms with E-state index in [9.17, 15) is 47.9 Å². The van der Waals surface area contributed by atoms with Gasteiger partial charge in [-0.05, 0) is 75.1 Å². The maximum atomic E-state index is 14.7. The Morgan fingerprint density at radius 2 is 1.45 bits per heavy atom. The van der Waals surface area contributed by atoms with Gasteiger partial charge in [0.25, 0.3) is 11.8 Å². The topological polar surface area (TPSA) is 316 Å². The van der Waals surface area contributed by atoms with Crippen molar-refractivity contribution in [1.29, 1.82) is 0 Å². The number of amides is 11. The number of imide groups is 1. The second-order valence-corrected chi connectivity index (χ2v) is 22.4. The monoisotopic (exact) mass is 1150 g/mol. The fourth-order valence-electron chi connectivity index (χ4n) is 11.0. The number of rotatable bonds is 34. The van der Waals surface area contributed by atoms with E-state index in [4.69, 9.17) is 15.2 Å². The summed E-state index contributed by atoms with van der Waals surface area (Å²) in [6, 6.07) is 3.58. The lowest BCUT2D eigenvalue weighted by Crippen LogP contribution is -2.60. The van der Waals surface area contributed by atoms with Crippen molar-refractivity contribution >= 4 is 70.1 Å². The third kappa shape index (κ3) is 19.3. The Balaban J connectivity index is 1.26. The Hall–Kier alpha value is -6.92. The summed E-state index contributed by atoms with van der Waals surface area (Å²) in [6.45, 7) is 14.5. The first-order chi connectivity index (χ1) is 38.9. The number of benzene rings is 1. The number of urea groups is 1. The van der Waals surface area contributed by atoms with Crippen LogP contribution in [-0.4, -0.2) is 187 Å². The summed E-state index contributed by atoms with van der Waals surface area (Å²) in [5.74, 6) is -5.06. The number of likely N-dealkylation sites (N-methyl/N-ethyl adjacent to an activating group) is 2. The maximum absolute atomic E-state index is 14.7. The molecule has 11 amide bonds. The minimum Gasteiger partial charge on any atom is -0.379 e. The van der Waals surface area contributed by atoms with Crippen LogP contribution in [0.25, 0.3) is 10.9 Å². The summed E-state index contributed by atoms with van der Waals surface area (Å²) in [6.07, 6.45) is 7.06. The van der Waals surface area contributed by atoms with Gasteiger partial charge in [-0.1, -0.05) is 79.5 Å². The quantitative estimate of drug-likeness (QED) is 0.0284. The highest BCUT2D eigenvalue weighted by atomic mass is 16.5. The number of nitrogens with zero attached hydrogens (tertiary/aromatic N) is 4. The Kier molecular flexibility index (Phi) is 27.4. The molecule has 0 aliphatic carbocycles. The largest absolute Gasteiger partial charge is 0.379 e. The van der Waals surface area contributed by atoms with Crippen molar-refractivity contribution in [2.45, 2.75) is 162 Å². The van der Waals surface area contributed by atoms with Gasteiger partial charge in [0, 0.05) is 96.0 Å². The summed E-state index contributed by atoms with van der Waals surface area (Å²) in [5, 5.41) is 12.1. The molecule has 4 rings (SSSR count). The average molecular weight is 1150 g/mol. The third-order valence-corrected chi connectivity index (χ3v) is 15.8. The molecule has 1 aromatic heterocycles. The van der Waals surface area contributed by atoms with E-state index in [0.717, 1.165) is 21.4 Å². The van der Waals surface area contributed by atoms with Crippen molar-refractivity contribution in [2.24, 2.45) is 29.4 Å². The van der Waals surface area contributed by atoms with Crippen molar-refractivity contribution < 1.29 is 57.4 Å². The van der Waals surface area contributed by atoms with Crippen molar-refractivity contribution in [3.05, 3.63) is 48.2 Å². The minimum absolute atomic E-state index is 0.0679. The molecule has 1 fully saturated rings. The third-order valence-electron chi connectivity index (χ3n) is 15.8. The fraction of sp³-hybridized carbons (Fsp3) is 0.655. The first-order valence-corrected chi connectivity index (χ1v) is 28.9. The Morgan fingerprint density at radius 1 is 0.805 bits per heavy atom. The van der Waals surface area contributed by atoms with E-state index in [0.29, 0.717) is 64.6 Å². The van der Waals surface area contributed by atoms with Crippen LogP contribution in [0.3, 0.4) is 0 Å². The zero-order valence-electron chi connectivity index (χ0n) is 50.0. The number of hydrogen-bond donors (Lipinski definition) is 8. The molecule has 456 valence electrons. The van der Waals surface area contributed by atoms with Gasteiger partial charge in [-0.15, -0.1) is 0 Å². The van der Waals surface area contributed by atoms with Gasteiger partial charge in [-0.3, -0.25) is 63.8 Å². The molecule has 24 heteroatoms. The molecular weight excluding hydrogens is 1060 g/mol. The molecule has 2 aliphatic heterocycles. The van der Waals surface area contributed by atoms with E-state index in [1.165, 1.54) is 26.4 Å². The summed E-state index contributed by atoms with van der Waals surface area (Å²) in [7, 11) is 6.47. The smallest absolute Gasteiger partial charge is 0.314 e. The number of methoxy groups -OCH3 is 2. The van der Waals surface area contributed by atoms with E-state index in [2.05, 4.69) is 37.1 Å². The van der Waals surface area contributed by atoms with E-state index in [-0.39, 0.29) is 80.2 Å². The van der Waals surface area contributed by atoms with Gasteiger partial charge < -0.3 is 51.3 Å². The van der Waals surface area contributed by atoms with Crippen LogP contribution in [0.5, 0.6) is 0 Å². The summed E-state index contributed by atoms with van der Waals surface area (Å²) in [4.78, 5) is 140. The molecule has 8 unspecified atom stereocenters. The number of nitrogens with one attached hydrogen (secondary N) is 7. The number of ether oxygens (including phenoxy) is 2. The van der Waals surface area contributed by atoms with Crippen LogP contribution >= 0.6 is 0 Å². The number of H-pyrrole nitrogens is 1. The number of hydrazine groups is 1. The zero-order chi connectivity index (χ0) is 60.8. The van der Waals surface area contributed by atoms with E-state index >= 15 is 0 Å². The SMILES string of the molecule is CCC(C)C(C(CC(=O)N1CCC[C@H]1C(OC)C(C)C(=O)NC(Cc1c[nH]c2ccccc12)C(N)=O)OC)N(C)C(=O)C(NC(=O)C(C(C)C)N(C)CCCC(=O)NNC(=O)CCCCCNC(=O)NCCN1C(=O)C=CC1=O)C(C)C.